The molecule has 0 unspecified atom stereocenters. The Kier molecular flexibility index (Phi) is 9.39. The number of aromatic nitrogens is 1. The zero-order chi connectivity index (χ0) is 23.8. The summed E-state index contributed by atoms with van der Waals surface area (Å²) >= 11 is 3.46. The van der Waals surface area contributed by atoms with Crippen LogP contribution in [0, 0.1) is 6.92 Å². The molecule has 0 saturated carbocycles. The van der Waals surface area contributed by atoms with E-state index in [2.05, 4.69) is 61.2 Å². The fraction of sp³-hybridized carbons (Fsp3) is 0.481. The van der Waals surface area contributed by atoms with E-state index in [1.165, 1.54) is 16.0 Å². The number of hydrogen-bond acceptors (Lipinski definition) is 6. The zero-order valence-corrected chi connectivity index (χ0v) is 21.9. The predicted molar refractivity (Wildman–Crippen MR) is 144 cm³/mol. The second-order valence-electron chi connectivity index (χ2n) is 8.73. The van der Waals surface area contributed by atoms with Crippen molar-refractivity contribution >= 4 is 44.4 Å². The zero-order valence-electron chi connectivity index (χ0n) is 20.3. The summed E-state index contributed by atoms with van der Waals surface area (Å²) in [5.41, 5.74) is 3.57. The van der Waals surface area contributed by atoms with Gasteiger partial charge in [-0.2, -0.15) is 0 Å². The average molecular weight is 498 g/mol. The molecule has 2 aromatic carbocycles. The summed E-state index contributed by atoms with van der Waals surface area (Å²) in [6.07, 6.45) is 3.30. The molecule has 34 heavy (non-hydrogen) atoms. The summed E-state index contributed by atoms with van der Waals surface area (Å²) in [6, 6.07) is 14.9. The lowest BCUT2D eigenvalue weighted by atomic mass is 10.1. The monoisotopic (exact) mass is 497 g/mol. The molecule has 1 aliphatic rings. The molecule has 182 valence electrons. The molecule has 5 nitrogen and oxygen atoms in total. The molecule has 2 heterocycles. The van der Waals surface area contributed by atoms with E-state index in [9.17, 15) is 4.79 Å². The fourth-order valence-corrected chi connectivity index (χ4v) is 6.09. The van der Waals surface area contributed by atoms with Crippen LogP contribution in [0.3, 0.4) is 0 Å². The number of thiazole rings is 1. The molecule has 7 heteroatoms. The van der Waals surface area contributed by atoms with Crippen molar-refractivity contribution < 1.29 is 9.53 Å². The number of carbonyl (C=O) groups is 1. The van der Waals surface area contributed by atoms with Crippen LogP contribution in [0.25, 0.3) is 10.2 Å². The number of thioether (sulfide) groups is 1. The number of rotatable bonds is 11. The van der Waals surface area contributed by atoms with Gasteiger partial charge in [-0.1, -0.05) is 48.1 Å². The Morgan fingerprint density at radius 3 is 2.71 bits per heavy atom. The molecule has 1 amide bonds. The van der Waals surface area contributed by atoms with Gasteiger partial charge in [0.25, 0.3) is 0 Å². The molecule has 1 aromatic heterocycles. The highest BCUT2D eigenvalue weighted by atomic mass is 32.2. The van der Waals surface area contributed by atoms with Gasteiger partial charge in [-0.15, -0.1) is 11.8 Å². The van der Waals surface area contributed by atoms with Crippen LogP contribution in [0.15, 0.2) is 47.4 Å². The van der Waals surface area contributed by atoms with E-state index in [0.717, 1.165) is 73.2 Å². The van der Waals surface area contributed by atoms with Gasteiger partial charge in [0, 0.05) is 37.5 Å². The third kappa shape index (κ3) is 6.81. The van der Waals surface area contributed by atoms with Crippen molar-refractivity contribution in [3.05, 3.63) is 53.6 Å². The number of ether oxygens (including phenoxy) is 1. The molecule has 0 aliphatic carbocycles. The molecule has 1 saturated heterocycles. The number of hydrogen-bond donors (Lipinski definition) is 0. The molecule has 1 aliphatic heterocycles. The highest BCUT2D eigenvalue weighted by Crippen LogP contribution is 2.32. The van der Waals surface area contributed by atoms with E-state index in [4.69, 9.17) is 9.72 Å². The first kappa shape index (κ1) is 25.2. The number of para-hydroxylation sites is 1. The number of benzene rings is 2. The Balaban J connectivity index is 1.39. The Labute approximate surface area is 211 Å². The second kappa shape index (κ2) is 12.7. The molecule has 1 fully saturated rings. The summed E-state index contributed by atoms with van der Waals surface area (Å²) in [5.74, 6) is 1.12. The van der Waals surface area contributed by atoms with Crippen molar-refractivity contribution in [1.29, 1.82) is 0 Å². The summed E-state index contributed by atoms with van der Waals surface area (Å²) in [7, 11) is 0. The first-order chi connectivity index (χ1) is 16.6. The number of nitrogens with zero attached hydrogens (tertiary/aromatic N) is 3. The normalized spacial score (nSPS) is 14.5. The molecular weight excluding hydrogens is 462 g/mol. The topological polar surface area (TPSA) is 45.7 Å². The lowest BCUT2D eigenvalue weighted by molar-refractivity contribution is -0.118. The number of morpholine rings is 1. The Morgan fingerprint density at radius 1 is 1.15 bits per heavy atom. The summed E-state index contributed by atoms with van der Waals surface area (Å²) < 4.78 is 6.63. The van der Waals surface area contributed by atoms with Gasteiger partial charge in [0.2, 0.25) is 5.91 Å². The molecular formula is C27H35N3O2S2. The van der Waals surface area contributed by atoms with Crippen molar-refractivity contribution in [2.75, 3.05) is 50.0 Å². The van der Waals surface area contributed by atoms with Crippen molar-refractivity contribution in [1.82, 2.24) is 9.88 Å². The maximum Gasteiger partial charge on any atom is 0.228 e. The maximum absolute atomic E-state index is 13.4. The van der Waals surface area contributed by atoms with Crippen LogP contribution in [-0.2, 0) is 16.0 Å². The van der Waals surface area contributed by atoms with Gasteiger partial charge in [0.05, 0.1) is 23.4 Å². The molecule has 0 bridgehead atoms. The number of aryl methyl sites for hydroxylation is 2. The molecule has 0 spiro atoms. The van der Waals surface area contributed by atoms with E-state index in [0.29, 0.717) is 13.0 Å². The van der Waals surface area contributed by atoms with Crippen LogP contribution >= 0.6 is 23.1 Å². The fourth-order valence-electron chi connectivity index (χ4n) is 4.18. The third-order valence-electron chi connectivity index (χ3n) is 6.19. The highest BCUT2D eigenvalue weighted by molar-refractivity contribution is 7.99. The molecule has 4 rings (SSSR count). The van der Waals surface area contributed by atoms with Gasteiger partial charge < -0.3 is 4.74 Å². The van der Waals surface area contributed by atoms with Crippen LogP contribution in [0.4, 0.5) is 5.13 Å². The number of amides is 1. The van der Waals surface area contributed by atoms with E-state index in [1.54, 1.807) is 11.3 Å². The lowest BCUT2D eigenvalue weighted by Gasteiger charge is -2.27. The van der Waals surface area contributed by atoms with Crippen molar-refractivity contribution in [2.45, 2.75) is 44.4 Å². The minimum Gasteiger partial charge on any atom is -0.379 e. The maximum atomic E-state index is 13.4. The Hall–Kier alpha value is -1.93. The minimum atomic E-state index is 0.184. The van der Waals surface area contributed by atoms with Gasteiger partial charge in [-0.3, -0.25) is 14.6 Å². The summed E-state index contributed by atoms with van der Waals surface area (Å²) in [5, 5.41) is 0.842. The largest absolute Gasteiger partial charge is 0.379 e. The van der Waals surface area contributed by atoms with Gasteiger partial charge in [-0.25, -0.2) is 4.98 Å². The molecule has 0 radical (unpaired) electrons. The summed E-state index contributed by atoms with van der Waals surface area (Å²) in [6.45, 7) is 9.52. The predicted octanol–water partition coefficient (Wildman–Crippen LogP) is 5.79. The SMILES string of the molecule is CCc1cccc2sc(N(CCCN3CCOCC3)C(=O)CCCSc3ccc(C)cc3)nc12. The third-order valence-corrected chi connectivity index (χ3v) is 8.33. The van der Waals surface area contributed by atoms with Crippen LogP contribution in [0.1, 0.15) is 37.3 Å². The van der Waals surface area contributed by atoms with E-state index in [1.807, 2.05) is 16.7 Å². The van der Waals surface area contributed by atoms with Crippen LogP contribution in [0.5, 0.6) is 0 Å². The van der Waals surface area contributed by atoms with Crippen molar-refractivity contribution in [3.63, 3.8) is 0 Å². The summed E-state index contributed by atoms with van der Waals surface area (Å²) in [4.78, 5) is 23.9. The van der Waals surface area contributed by atoms with Crippen LogP contribution in [-0.4, -0.2) is 60.9 Å². The second-order valence-corrected chi connectivity index (χ2v) is 10.9. The Bertz CT molecular complexity index is 1060. The van der Waals surface area contributed by atoms with Crippen LogP contribution < -0.4 is 4.90 Å². The van der Waals surface area contributed by atoms with E-state index >= 15 is 0 Å². The lowest BCUT2D eigenvalue weighted by Crippen LogP contribution is -2.39. The highest BCUT2D eigenvalue weighted by Gasteiger charge is 2.21. The smallest absolute Gasteiger partial charge is 0.228 e. The number of fused-ring (bicyclic) bond motifs is 1. The minimum absolute atomic E-state index is 0.184. The van der Waals surface area contributed by atoms with Gasteiger partial charge >= 0.3 is 0 Å². The first-order valence-corrected chi connectivity index (χ1v) is 14.1. The number of anilines is 1. The van der Waals surface area contributed by atoms with Crippen LogP contribution in [0.2, 0.25) is 0 Å². The number of carbonyl (C=O) groups excluding carboxylic acids is 1. The van der Waals surface area contributed by atoms with Gasteiger partial charge in [-0.05, 0) is 55.7 Å². The van der Waals surface area contributed by atoms with Gasteiger partial charge in [0.1, 0.15) is 0 Å². The standard InChI is InChI=1S/C27H35N3O2S2/c1-3-22-7-4-8-24-26(22)28-27(34-24)30(15-6-14-29-16-18-32-19-17-29)25(31)9-5-20-33-23-12-10-21(2)11-13-23/h4,7-8,10-13H,3,5-6,9,14-20H2,1-2H3. The molecule has 3 aromatic rings. The quantitative estimate of drug-likeness (QED) is 0.248. The van der Waals surface area contributed by atoms with E-state index in [-0.39, 0.29) is 5.91 Å². The van der Waals surface area contributed by atoms with E-state index < -0.39 is 0 Å². The Morgan fingerprint density at radius 2 is 1.94 bits per heavy atom. The van der Waals surface area contributed by atoms with Gasteiger partial charge in [0.15, 0.2) is 5.13 Å². The molecule has 0 atom stereocenters. The first-order valence-electron chi connectivity index (χ1n) is 12.3. The molecule has 0 N–H and O–H groups in total. The van der Waals surface area contributed by atoms with Crippen molar-refractivity contribution in [3.8, 4) is 0 Å². The average Bonchev–Trinajstić information content (AvgIpc) is 3.30. The van der Waals surface area contributed by atoms with Crippen molar-refractivity contribution in [2.24, 2.45) is 0 Å².